The normalized spacial score (nSPS) is 22.2. The maximum Gasteiger partial charge on any atom is 0.418 e. The second-order valence-corrected chi connectivity index (χ2v) is 8.01. The fourth-order valence-corrected chi connectivity index (χ4v) is 4.03. The lowest BCUT2D eigenvalue weighted by atomic mass is 10.0. The van der Waals surface area contributed by atoms with Gasteiger partial charge in [0.2, 0.25) is 5.91 Å². The summed E-state index contributed by atoms with van der Waals surface area (Å²) in [6, 6.07) is -2.27. The third kappa shape index (κ3) is 4.52. The quantitative estimate of drug-likeness (QED) is 0.466. The molecule has 2 atom stereocenters. The summed E-state index contributed by atoms with van der Waals surface area (Å²) in [5, 5.41) is 5.04. The van der Waals surface area contributed by atoms with E-state index >= 15 is 0 Å². The van der Waals surface area contributed by atoms with E-state index in [2.05, 4.69) is 14.6 Å². The van der Waals surface area contributed by atoms with Gasteiger partial charge in [-0.2, -0.15) is 13.5 Å². The van der Waals surface area contributed by atoms with Gasteiger partial charge in [-0.15, -0.1) is 15.6 Å². The minimum atomic E-state index is -4.85. The number of rotatable bonds is 7. The third-order valence-corrected chi connectivity index (χ3v) is 5.28. The summed E-state index contributed by atoms with van der Waals surface area (Å²) in [6.45, 7) is -0.151. The van der Waals surface area contributed by atoms with Crippen molar-refractivity contribution in [3.63, 3.8) is 0 Å². The van der Waals surface area contributed by atoms with Crippen LogP contribution >= 0.6 is 11.3 Å². The summed E-state index contributed by atoms with van der Waals surface area (Å²) in [7, 11) is -4.85. The lowest BCUT2D eigenvalue weighted by Gasteiger charge is -2.29. The largest absolute Gasteiger partial charge is 0.418 e. The van der Waals surface area contributed by atoms with Crippen molar-refractivity contribution in [1.82, 2.24) is 20.3 Å². The van der Waals surface area contributed by atoms with Gasteiger partial charge in [0.1, 0.15) is 6.04 Å². The molecule has 2 fully saturated rings. The summed E-state index contributed by atoms with van der Waals surface area (Å²) >= 11 is 1.21. The number of nitrogens with zero attached hydrogens (tertiary/aromatic N) is 3. The van der Waals surface area contributed by atoms with Crippen molar-refractivity contribution in [2.75, 3.05) is 18.8 Å². The number of thiazole rings is 1. The second kappa shape index (κ2) is 7.38. The number of nitrogens with two attached hydrogens (primary N) is 1. The highest BCUT2D eigenvalue weighted by molar-refractivity contribution is 7.80. The average molecular weight is 419 g/mol. The van der Waals surface area contributed by atoms with E-state index in [0.717, 1.165) is 4.90 Å². The Labute approximate surface area is 158 Å². The fraction of sp³-hybridized carbons (Fsp3) is 0.538. The minimum Gasteiger partial charge on any atom is -0.375 e. The Bertz CT molecular complexity index is 870. The van der Waals surface area contributed by atoms with E-state index in [-0.39, 0.29) is 31.7 Å². The van der Waals surface area contributed by atoms with Crippen LogP contribution in [-0.4, -0.2) is 70.8 Å². The van der Waals surface area contributed by atoms with E-state index in [1.165, 1.54) is 11.3 Å². The first-order chi connectivity index (χ1) is 12.6. The van der Waals surface area contributed by atoms with E-state index in [1.54, 1.807) is 5.38 Å². The summed E-state index contributed by atoms with van der Waals surface area (Å²) in [5.74, 6) is -0.798. The van der Waals surface area contributed by atoms with Crippen LogP contribution < -0.4 is 11.1 Å². The number of carbonyl (C=O) groups excluding carboxylic acids is 3. The molecule has 0 saturated carbocycles. The highest BCUT2D eigenvalue weighted by Gasteiger charge is 2.49. The highest BCUT2D eigenvalue weighted by Crippen LogP contribution is 2.30. The summed E-state index contributed by atoms with van der Waals surface area (Å²) in [4.78, 5) is 41.7. The number of anilines is 1. The number of piperidine rings is 1. The summed E-state index contributed by atoms with van der Waals surface area (Å²) in [6.07, 6.45) is 0.603. The minimum absolute atomic E-state index is 0.0271. The van der Waals surface area contributed by atoms with Gasteiger partial charge in [0, 0.05) is 11.9 Å². The van der Waals surface area contributed by atoms with E-state index < -0.39 is 34.4 Å². The first kappa shape index (κ1) is 19.5. The van der Waals surface area contributed by atoms with Gasteiger partial charge in [-0.1, -0.05) is 0 Å². The summed E-state index contributed by atoms with van der Waals surface area (Å²) < 4.78 is 34.8. The number of hydrogen-bond acceptors (Lipinski definition) is 9. The Hall–Kier alpha value is -2.29. The smallest absolute Gasteiger partial charge is 0.375 e. The molecule has 1 aromatic rings. The Morgan fingerprint density at radius 1 is 1.44 bits per heavy atom. The van der Waals surface area contributed by atoms with Crippen LogP contribution in [0.5, 0.6) is 0 Å². The molecule has 27 heavy (non-hydrogen) atoms. The topological polar surface area (TPSA) is 172 Å². The number of nitrogen functional groups attached to an aromatic ring is 1. The number of aromatic nitrogens is 1. The molecule has 2 aliphatic heterocycles. The van der Waals surface area contributed by atoms with E-state index in [0.29, 0.717) is 22.3 Å². The molecule has 0 aromatic carbocycles. The third-order valence-electron chi connectivity index (χ3n) is 4.21. The van der Waals surface area contributed by atoms with E-state index in [4.69, 9.17) is 10.3 Å². The maximum atomic E-state index is 12.4. The number of hydroxylamine groups is 2. The molecule has 3 heterocycles. The molecule has 14 heteroatoms. The molecule has 0 unspecified atom stereocenters. The molecule has 0 aliphatic carbocycles. The van der Waals surface area contributed by atoms with Gasteiger partial charge in [0.25, 0.3) is 0 Å². The maximum absolute atomic E-state index is 12.4. The highest BCUT2D eigenvalue weighted by atomic mass is 32.3. The van der Waals surface area contributed by atoms with Crippen molar-refractivity contribution in [2.45, 2.75) is 31.3 Å². The number of carbonyl (C=O) groups is 3. The number of urea groups is 1. The lowest BCUT2D eigenvalue weighted by Crippen LogP contribution is -2.50. The van der Waals surface area contributed by atoms with Crippen LogP contribution in [0.1, 0.15) is 18.5 Å². The molecule has 1 aromatic heterocycles. The number of hydrogen-bond donors (Lipinski definition) is 3. The molecule has 12 nitrogen and oxygen atoms in total. The first-order valence-corrected chi connectivity index (χ1v) is 10.1. The zero-order valence-corrected chi connectivity index (χ0v) is 15.5. The Morgan fingerprint density at radius 3 is 2.81 bits per heavy atom. The van der Waals surface area contributed by atoms with Crippen LogP contribution in [0, 0.1) is 0 Å². The predicted octanol–water partition coefficient (Wildman–Crippen LogP) is -1.04. The second-order valence-electron chi connectivity index (χ2n) is 6.12. The van der Waals surface area contributed by atoms with Crippen LogP contribution in [0.3, 0.4) is 0 Å². The van der Waals surface area contributed by atoms with Gasteiger partial charge in [0.05, 0.1) is 24.7 Å². The van der Waals surface area contributed by atoms with Gasteiger partial charge >= 0.3 is 16.4 Å². The van der Waals surface area contributed by atoms with Crippen molar-refractivity contribution >= 4 is 44.6 Å². The number of Topliss-reactive ketones (excluding diaryl/α,β-unsaturated/α-hetero) is 1. The molecule has 0 spiro atoms. The molecule has 0 radical (unpaired) electrons. The molecule has 148 valence electrons. The lowest BCUT2D eigenvalue weighted by molar-refractivity contribution is -0.128. The molecule has 2 aliphatic rings. The van der Waals surface area contributed by atoms with E-state index in [9.17, 15) is 22.8 Å². The fourth-order valence-electron chi connectivity index (χ4n) is 3.08. The van der Waals surface area contributed by atoms with Crippen molar-refractivity contribution in [3.05, 3.63) is 11.1 Å². The predicted molar refractivity (Wildman–Crippen MR) is 91.6 cm³/mol. The van der Waals surface area contributed by atoms with Crippen molar-refractivity contribution in [3.8, 4) is 0 Å². The molecule has 4 N–H and O–H groups in total. The Balaban J connectivity index is 1.55. The SMILES string of the molecule is Nc1nc(CC(=O)CNC(=O)[C@@H]2CC[C@@H]3CN2C(=O)N3OS(=O)(=O)O)cs1. The van der Waals surface area contributed by atoms with Gasteiger partial charge in [-0.05, 0) is 12.8 Å². The zero-order chi connectivity index (χ0) is 19.8. The molecule has 2 saturated heterocycles. The number of nitrogens with one attached hydrogen (secondary N) is 1. The summed E-state index contributed by atoms with van der Waals surface area (Å²) in [5.41, 5.74) is 6.01. The van der Waals surface area contributed by atoms with Crippen molar-refractivity contribution < 1.29 is 31.6 Å². The van der Waals surface area contributed by atoms with Gasteiger partial charge < -0.3 is 16.0 Å². The molecular formula is C13H17N5O7S2. The van der Waals surface area contributed by atoms with Crippen LogP contribution in [-0.2, 0) is 30.7 Å². The van der Waals surface area contributed by atoms with Crippen LogP contribution in [0.15, 0.2) is 5.38 Å². The van der Waals surface area contributed by atoms with Crippen molar-refractivity contribution in [1.29, 1.82) is 0 Å². The van der Waals surface area contributed by atoms with Crippen LogP contribution in [0.25, 0.3) is 0 Å². The molecular weight excluding hydrogens is 402 g/mol. The van der Waals surface area contributed by atoms with Crippen LogP contribution in [0.4, 0.5) is 9.93 Å². The first-order valence-electron chi connectivity index (χ1n) is 7.90. The Kier molecular flexibility index (Phi) is 5.32. The number of ketones is 1. The van der Waals surface area contributed by atoms with Gasteiger partial charge in [-0.3, -0.25) is 14.1 Å². The molecule has 3 amide bonds. The average Bonchev–Trinajstić information content (AvgIpc) is 3.09. The van der Waals surface area contributed by atoms with Crippen molar-refractivity contribution in [2.24, 2.45) is 0 Å². The molecule has 3 rings (SSSR count). The number of fused-ring (bicyclic) bond motifs is 2. The molecule has 2 bridgehead atoms. The van der Waals surface area contributed by atoms with E-state index in [1.807, 2.05) is 0 Å². The van der Waals surface area contributed by atoms with Gasteiger partial charge in [0.15, 0.2) is 10.9 Å². The standard InChI is InChI=1S/C13H17N5O7S2/c14-12-16-7(6-26-12)3-9(19)4-15-11(20)10-2-1-8-5-17(10)13(21)18(8)25-27(22,23)24/h6,8,10H,1-5H2,(H2,14,16)(H,15,20)(H,22,23,24)/t8-,10+/m1/s1. The van der Waals surface area contributed by atoms with Gasteiger partial charge in [-0.25, -0.2) is 9.78 Å². The van der Waals surface area contributed by atoms with Crippen LogP contribution in [0.2, 0.25) is 0 Å². The monoisotopic (exact) mass is 419 g/mol. The zero-order valence-electron chi connectivity index (χ0n) is 13.9. The number of amides is 3. The Morgan fingerprint density at radius 2 is 2.19 bits per heavy atom.